The van der Waals surface area contributed by atoms with E-state index in [1.807, 2.05) is 0 Å². The van der Waals surface area contributed by atoms with Crippen LogP contribution in [0.4, 0.5) is 0 Å². The molecule has 17 heavy (non-hydrogen) atoms. The molecular weight excluding hydrogens is 208 g/mol. The maximum Gasteiger partial charge on any atom is 0.0100 e. The minimum Gasteiger partial charge on any atom is -0.328 e. The first-order valence-corrected chi connectivity index (χ1v) is 7.39. The zero-order chi connectivity index (χ0) is 13.0. The van der Waals surface area contributed by atoms with Gasteiger partial charge >= 0.3 is 0 Å². The summed E-state index contributed by atoms with van der Waals surface area (Å²) < 4.78 is 0. The van der Waals surface area contributed by atoms with Crippen LogP contribution in [0, 0.1) is 17.8 Å². The Hall–Kier alpha value is -0.0800. The third-order valence-electron chi connectivity index (χ3n) is 4.00. The van der Waals surface area contributed by atoms with Gasteiger partial charge in [-0.05, 0) is 50.5 Å². The van der Waals surface area contributed by atoms with Gasteiger partial charge < -0.3 is 10.6 Å². The molecule has 0 aromatic carbocycles. The molecule has 1 heterocycles. The Kier molecular flexibility index (Phi) is 5.94. The maximum absolute atomic E-state index is 6.04. The number of hydrogen-bond donors (Lipinski definition) is 1. The van der Waals surface area contributed by atoms with E-state index >= 15 is 0 Å². The van der Waals surface area contributed by atoms with Crippen molar-refractivity contribution in [1.82, 2.24) is 4.90 Å². The van der Waals surface area contributed by atoms with Crippen molar-refractivity contribution in [2.24, 2.45) is 23.5 Å². The molecule has 2 heteroatoms. The van der Waals surface area contributed by atoms with E-state index in [0.717, 1.165) is 23.8 Å². The predicted molar refractivity (Wildman–Crippen MR) is 76.0 cm³/mol. The molecule has 0 aromatic heterocycles. The third kappa shape index (κ3) is 4.97. The SMILES string of the molecule is CC(C)CC(CC(C)C)N1CCC(C(C)N)C1. The van der Waals surface area contributed by atoms with Crippen molar-refractivity contribution in [2.75, 3.05) is 13.1 Å². The Morgan fingerprint density at radius 1 is 1.06 bits per heavy atom. The highest BCUT2D eigenvalue weighted by Crippen LogP contribution is 2.26. The van der Waals surface area contributed by atoms with Crippen molar-refractivity contribution in [1.29, 1.82) is 0 Å². The lowest BCUT2D eigenvalue weighted by molar-refractivity contribution is 0.178. The molecule has 1 aliphatic heterocycles. The number of rotatable bonds is 6. The van der Waals surface area contributed by atoms with Crippen molar-refractivity contribution >= 4 is 0 Å². The van der Waals surface area contributed by atoms with Crippen molar-refractivity contribution in [3.05, 3.63) is 0 Å². The standard InChI is InChI=1S/C15H32N2/c1-11(2)8-15(9-12(3)4)17-7-6-14(10-17)13(5)16/h11-15H,6-10,16H2,1-5H3. The van der Waals surface area contributed by atoms with E-state index in [1.165, 1.54) is 32.4 Å². The van der Waals surface area contributed by atoms with Crippen molar-refractivity contribution in [3.8, 4) is 0 Å². The summed E-state index contributed by atoms with van der Waals surface area (Å²) in [5, 5.41) is 0. The average molecular weight is 240 g/mol. The lowest BCUT2D eigenvalue weighted by atomic mass is 9.94. The summed E-state index contributed by atoms with van der Waals surface area (Å²) in [5.74, 6) is 2.32. The van der Waals surface area contributed by atoms with Gasteiger partial charge in [0.25, 0.3) is 0 Å². The van der Waals surface area contributed by atoms with E-state index in [9.17, 15) is 0 Å². The minimum atomic E-state index is 0.360. The first-order chi connectivity index (χ1) is 7.90. The Morgan fingerprint density at radius 3 is 1.94 bits per heavy atom. The molecular formula is C15H32N2. The summed E-state index contributed by atoms with van der Waals surface area (Å²) in [6.45, 7) is 14.0. The van der Waals surface area contributed by atoms with Crippen LogP contribution in [0.5, 0.6) is 0 Å². The highest BCUT2D eigenvalue weighted by atomic mass is 15.2. The van der Waals surface area contributed by atoms with Gasteiger partial charge in [-0.15, -0.1) is 0 Å². The monoisotopic (exact) mass is 240 g/mol. The van der Waals surface area contributed by atoms with Crippen LogP contribution in [-0.4, -0.2) is 30.1 Å². The molecule has 1 rings (SSSR count). The van der Waals surface area contributed by atoms with Gasteiger partial charge in [-0.2, -0.15) is 0 Å². The molecule has 0 radical (unpaired) electrons. The first kappa shape index (κ1) is 15.0. The van der Waals surface area contributed by atoms with Crippen LogP contribution in [0.1, 0.15) is 53.9 Å². The number of hydrogen-bond acceptors (Lipinski definition) is 2. The molecule has 0 amide bonds. The van der Waals surface area contributed by atoms with E-state index in [2.05, 4.69) is 39.5 Å². The second-order valence-corrected chi connectivity index (χ2v) is 6.82. The molecule has 1 aliphatic rings. The van der Waals surface area contributed by atoms with Crippen molar-refractivity contribution in [3.63, 3.8) is 0 Å². The fourth-order valence-corrected chi connectivity index (χ4v) is 3.06. The zero-order valence-corrected chi connectivity index (χ0v) is 12.4. The number of nitrogens with zero attached hydrogens (tertiary/aromatic N) is 1. The van der Waals surface area contributed by atoms with Crippen LogP contribution >= 0.6 is 0 Å². The molecule has 2 nitrogen and oxygen atoms in total. The van der Waals surface area contributed by atoms with Crippen LogP contribution in [0.25, 0.3) is 0 Å². The topological polar surface area (TPSA) is 29.3 Å². The first-order valence-electron chi connectivity index (χ1n) is 7.39. The second-order valence-electron chi connectivity index (χ2n) is 6.82. The van der Waals surface area contributed by atoms with E-state index in [-0.39, 0.29) is 0 Å². The van der Waals surface area contributed by atoms with Crippen molar-refractivity contribution < 1.29 is 0 Å². The summed E-state index contributed by atoms with van der Waals surface area (Å²) in [5.41, 5.74) is 6.04. The van der Waals surface area contributed by atoms with Crippen LogP contribution in [0.15, 0.2) is 0 Å². The Bertz CT molecular complexity index is 201. The quantitative estimate of drug-likeness (QED) is 0.773. The van der Waals surface area contributed by atoms with Gasteiger partial charge in [-0.1, -0.05) is 27.7 Å². The summed E-state index contributed by atoms with van der Waals surface area (Å²) in [7, 11) is 0. The Morgan fingerprint density at radius 2 is 1.59 bits per heavy atom. The van der Waals surface area contributed by atoms with Gasteiger partial charge in [-0.3, -0.25) is 0 Å². The lowest BCUT2D eigenvalue weighted by Crippen LogP contribution is -2.37. The molecule has 1 fully saturated rings. The molecule has 2 atom stereocenters. The molecule has 102 valence electrons. The summed E-state index contributed by atoms with van der Waals surface area (Å²) in [4.78, 5) is 2.70. The molecule has 0 bridgehead atoms. The Balaban J connectivity index is 2.52. The maximum atomic E-state index is 6.04. The van der Waals surface area contributed by atoms with Gasteiger partial charge in [0.2, 0.25) is 0 Å². The van der Waals surface area contributed by atoms with E-state index in [0.29, 0.717) is 6.04 Å². The summed E-state index contributed by atoms with van der Waals surface area (Å²) in [6, 6.07) is 1.14. The van der Waals surface area contributed by atoms with E-state index < -0.39 is 0 Å². The van der Waals surface area contributed by atoms with Gasteiger partial charge in [-0.25, -0.2) is 0 Å². The average Bonchev–Trinajstić information content (AvgIpc) is 2.63. The van der Waals surface area contributed by atoms with Crippen LogP contribution in [0.2, 0.25) is 0 Å². The summed E-state index contributed by atoms with van der Waals surface area (Å²) >= 11 is 0. The van der Waals surface area contributed by atoms with Gasteiger partial charge in [0.05, 0.1) is 0 Å². The van der Waals surface area contributed by atoms with Crippen LogP contribution in [-0.2, 0) is 0 Å². The zero-order valence-electron chi connectivity index (χ0n) is 12.4. The normalized spacial score (nSPS) is 24.2. The molecule has 0 saturated carbocycles. The molecule has 0 spiro atoms. The number of nitrogens with two attached hydrogens (primary N) is 1. The summed E-state index contributed by atoms with van der Waals surface area (Å²) in [6.07, 6.45) is 3.97. The second kappa shape index (κ2) is 6.75. The predicted octanol–water partition coefficient (Wildman–Crippen LogP) is 3.12. The van der Waals surface area contributed by atoms with E-state index in [4.69, 9.17) is 5.73 Å². The van der Waals surface area contributed by atoms with Gasteiger partial charge in [0, 0.05) is 18.6 Å². The van der Waals surface area contributed by atoms with Crippen LogP contribution in [0.3, 0.4) is 0 Å². The molecule has 2 unspecified atom stereocenters. The molecule has 2 N–H and O–H groups in total. The lowest BCUT2D eigenvalue weighted by Gasteiger charge is -2.31. The fourth-order valence-electron chi connectivity index (χ4n) is 3.06. The third-order valence-corrected chi connectivity index (χ3v) is 4.00. The minimum absolute atomic E-state index is 0.360. The Labute approximate surface area is 108 Å². The highest BCUT2D eigenvalue weighted by Gasteiger charge is 2.30. The largest absolute Gasteiger partial charge is 0.328 e. The number of likely N-dealkylation sites (tertiary alicyclic amines) is 1. The molecule has 0 aromatic rings. The van der Waals surface area contributed by atoms with Crippen LogP contribution < -0.4 is 5.73 Å². The fraction of sp³-hybridized carbons (Fsp3) is 1.00. The van der Waals surface area contributed by atoms with Crippen molar-refractivity contribution in [2.45, 2.75) is 66.0 Å². The van der Waals surface area contributed by atoms with Gasteiger partial charge in [0.1, 0.15) is 0 Å². The van der Waals surface area contributed by atoms with Gasteiger partial charge in [0.15, 0.2) is 0 Å². The molecule has 1 saturated heterocycles. The smallest absolute Gasteiger partial charge is 0.0100 e. The molecule has 0 aliphatic carbocycles. The van der Waals surface area contributed by atoms with E-state index in [1.54, 1.807) is 0 Å². The highest BCUT2D eigenvalue weighted by molar-refractivity contribution is 4.85.